The summed E-state index contributed by atoms with van der Waals surface area (Å²) in [5.41, 5.74) is 15.4. The molecule has 286 valence electrons. The van der Waals surface area contributed by atoms with Crippen molar-refractivity contribution in [2.75, 3.05) is 4.90 Å². The molecular formula is C58H38N2O. The average molecular weight is 779 g/mol. The number of aromatic nitrogens is 1. The summed E-state index contributed by atoms with van der Waals surface area (Å²) in [5.74, 6) is 0. The van der Waals surface area contributed by atoms with E-state index >= 15 is 0 Å². The maximum Gasteiger partial charge on any atom is 0.136 e. The number of anilines is 3. The highest BCUT2D eigenvalue weighted by Gasteiger charge is 2.22. The molecule has 3 nitrogen and oxygen atoms in total. The van der Waals surface area contributed by atoms with Crippen molar-refractivity contribution in [2.24, 2.45) is 0 Å². The molecule has 0 spiro atoms. The minimum Gasteiger partial charge on any atom is -0.456 e. The third kappa shape index (κ3) is 5.90. The van der Waals surface area contributed by atoms with E-state index in [0.29, 0.717) is 0 Å². The second-order valence-corrected chi connectivity index (χ2v) is 15.7. The molecule has 0 saturated carbocycles. The quantitative estimate of drug-likeness (QED) is 0.161. The van der Waals surface area contributed by atoms with Crippen LogP contribution in [0.1, 0.15) is 0 Å². The lowest BCUT2D eigenvalue weighted by molar-refractivity contribution is 0.669. The van der Waals surface area contributed by atoms with E-state index < -0.39 is 0 Å². The molecule has 12 aromatic rings. The van der Waals surface area contributed by atoms with E-state index in [9.17, 15) is 0 Å². The number of hydrogen-bond acceptors (Lipinski definition) is 2. The van der Waals surface area contributed by atoms with Crippen molar-refractivity contribution in [1.29, 1.82) is 0 Å². The highest BCUT2D eigenvalue weighted by Crippen LogP contribution is 2.46. The van der Waals surface area contributed by atoms with Gasteiger partial charge in [-0.25, -0.2) is 0 Å². The molecule has 0 radical (unpaired) electrons. The van der Waals surface area contributed by atoms with Gasteiger partial charge in [-0.3, -0.25) is 0 Å². The van der Waals surface area contributed by atoms with Crippen LogP contribution in [-0.2, 0) is 0 Å². The van der Waals surface area contributed by atoms with E-state index in [-0.39, 0.29) is 0 Å². The topological polar surface area (TPSA) is 21.3 Å². The molecule has 0 saturated heterocycles. The van der Waals surface area contributed by atoms with Gasteiger partial charge in [-0.2, -0.15) is 0 Å². The number of fused-ring (bicyclic) bond motifs is 7. The molecule has 2 heterocycles. The standard InChI is InChI=1S/C58H38N2O/c1-2-15-41-36-43(29-28-39(41)14-1)47-18-3-8-23-53(47)59(54-24-9-4-19-48(54)44-32-35-52-51-22-7-12-27-57(51)61-58(52)38-44)45-33-30-40(31-34-45)42-16-13-17-46(37-42)60-55-25-10-5-20-49(55)50-21-6-11-26-56(50)60/h1-38H. The molecule has 0 fully saturated rings. The maximum absolute atomic E-state index is 6.41. The fraction of sp³-hybridized carbons (Fsp3) is 0. The molecule has 0 unspecified atom stereocenters. The minimum atomic E-state index is 0.879. The smallest absolute Gasteiger partial charge is 0.136 e. The lowest BCUT2D eigenvalue weighted by Crippen LogP contribution is -2.12. The van der Waals surface area contributed by atoms with E-state index in [1.165, 1.54) is 38.1 Å². The zero-order valence-corrected chi connectivity index (χ0v) is 33.2. The predicted molar refractivity (Wildman–Crippen MR) is 257 cm³/mol. The van der Waals surface area contributed by atoms with Crippen molar-refractivity contribution >= 4 is 71.6 Å². The molecular weight excluding hydrogens is 741 g/mol. The summed E-state index contributed by atoms with van der Waals surface area (Å²) in [6.07, 6.45) is 0. The molecule has 3 heteroatoms. The average Bonchev–Trinajstić information content (AvgIpc) is 3.88. The fourth-order valence-corrected chi connectivity index (χ4v) is 9.31. The first-order chi connectivity index (χ1) is 30.2. The third-order valence-corrected chi connectivity index (χ3v) is 12.2. The van der Waals surface area contributed by atoms with Crippen LogP contribution in [0.4, 0.5) is 17.1 Å². The minimum absolute atomic E-state index is 0.879. The van der Waals surface area contributed by atoms with E-state index in [1.54, 1.807) is 0 Å². The second-order valence-electron chi connectivity index (χ2n) is 15.7. The second kappa shape index (κ2) is 14.3. The Morgan fingerprint density at radius 1 is 0.328 bits per heavy atom. The van der Waals surface area contributed by atoms with Crippen molar-refractivity contribution in [3.63, 3.8) is 0 Å². The molecule has 0 bridgehead atoms. The summed E-state index contributed by atoms with van der Waals surface area (Å²) in [5, 5.41) is 7.21. The Hall–Kier alpha value is -8.14. The van der Waals surface area contributed by atoms with E-state index in [1.807, 2.05) is 12.1 Å². The number of nitrogens with zero attached hydrogens (tertiary/aromatic N) is 2. The summed E-state index contributed by atoms with van der Waals surface area (Å²) in [6, 6.07) is 83.0. The Morgan fingerprint density at radius 2 is 0.885 bits per heavy atom. The van der Waals surface area contributed by atoms with Gasteiger partial charge < -0.3 is 13.9 Å². The van der Waals surface area contributed by atoms with Gasteiger partial charge in [0, 0.05) is 44.0 Å². The van der Waals surface area contributed by atoms with Crippen LogP contribution in [0.2, 0.25) is 0 Å². The lowest BCUT2D eigenvalue weighted by Gasteiger charge is -2.30. The summed E-state index contributed by atoms with van der Waals surface area (Å²) >= 11 is 0. The van der Waals surface area contributed by atoms with Gasteiger partial charge in [0.15, 0.2) is 0 Å². The molecule has 61 heavy (non-hydrogen) atoms. The van der Waals surface area contributed by atoms with Gasteiger partial charge in [-0.1, -0.05) is 158 Å². The first kappa shape index (κ1) is 34.9. The van der Waals surface area contributed by atoms with Crippen LogP contribution >= 0.6 is 0 Å². The van der Waals surface area contributed by atoms with Crippen molar-refractivity contribution in [1.82, 2.24) is 4.57 Å². The molecule has 10 aromatic carbocycles. The summed E-state index contributed by atoms with van der Waals surface area (Å²) in [7, 11) is 0. The highest BCUT2D eigenvalue weighted by molar-refractivity contribution is 6.09. The Morgan fingerprint density at radius 3 is 1.62 bits per heavy atom. The third-order valence-electron chi connectivity index (χ3n) is 12.2. The monoisotopic (exact) mass is 778 g/mol. The number of benzene rings is 10. The Kier molecular flexibility index (Phi) is 8.17. The highest BCUT2D eigenvalue weighted by atomic mass is 16.3. The fourth-order valence-electron chi connectivity index (χ4n) is 9.31. The van der Waals surface area contributed by atoms with E-state index in [4.69, 9.17) is 4.42 Å². The van der Waals surface area contributed by atoms with Crippen LogP contribution in [0.5, 0.6) is 0 Å². The van der Waals surface area contributed by atoms with Crippen molar-refractivity contribution in [3.8, 4) is 39.1 Å². The first-order valence-electron chi connectivity index (χ1n) is 20.8. The number of furan rings is 1. The molecule has 0 N–H and O–H groups in total. The van der Waals surface area contributed by atoms with Crippen molar-refractivity contribution < 1.29 is 4.42 Å². The van der Waals surface area contributed by atoms with Gasteiger partial charge in [0.05, 0.1) is 22.4 Å². The molecule has 0 atom stereocenters. The normalized spacial score (nSPS) is 11.6. The largest absolute Gasteiger partial charge is 0.456 e. The zero-order chi connectivity index (χ0) is 40.3. The Balaban J connectivity index is 1.01. The molecule has 0 amide bonds. The molecule has 0 aliphatic heterocycles. The van der Waals surface area contributed by atoms with Gasteiger partial charge in [0.2, 0.25) is 0 Å². The molecule has 0 aliphatic rings. The summed E-state index contributed by atoms with van der Waals surface area (Å²) < 4.78 is 8.79. The Labute approximate surface area is 353 Å². The van der Waals surface area contributed by atoms with Crippen LogP contribution in [0.3, 0.4) is 0 Å². The zero-order valence-electron chi connectivity index (χ0n) is 33.2. The van der Waals surface area contributed by atoms with Crippen molar-refractivity contribution in [3.05, 3.63) is 231 Å². The van der Waals surface area contributed by atoms with Gasteiger partial charge in [-0.15, -0.1) is 0 Å². The predicted octanol–water partition coefficient (Wildman–Crippen LogP) is 16.3. The molecule has 0 aliphatic carbocycles. The maximum atomic E-state index is 6.41. The summed E-state index contributed by atoms with van der Waals surface area (Å²) in [6.45, 7) is 0. The van der Waals surface area contributed by atoms with Gasteiger partial charge in [0.1, 0.15) is 11.2 Å². The number of para-hydroxylation sites is 5. The van der Waals surface area contributed by atoms with Crippen LogP contribution < -0.4 is 4.90 Å². The first-order valence-corrected chi connectivity index (χ1v) is 20.8. The van der Waals surface area contributed by atoms with Crippen LogP contribution in [-0.4, -0.2) is 4.57 Å². The van der Waals surface area contributed by atoms with E-state index in [2.05, 4.69) is 228 Å². The molecule has 2 aromatic heterocycles. The number of rotatable bonds is 7. The van der Waals surface area contributed by atoms with Crippen molar-refractivity contribution in [2.45, 2.75) is 0 Å². The van der Waals surface area contributed by atoms with Crippen LogP contribution in [0, 0.1) is 0 Å². The molecule has 12 rings (SSSR count). The van der Waals surface area contributed by atoms with Gasteiger partial charge in [-0.05, 0) is 106 Å². The summed E-state index contributed by atoms with van der Waals surface area (Å²) in [4.78, 5) is 2.42. The SMILES string of the molecule is c1cc(-c2ccc(N(c3ccccc3-c3ccc4ccccc4c3)c3ccccc3-c3ccc4c(c3)oc3ccccc34)cc2)cc(-n2c3ccccc3c3ccccc32)c1. The van der Waals surface area contributed by atoms with Gasteiger partial charge in [0.25, 0.3) is 0 Å². The van der Waals surface area contributed by atoms with Crippen LogP contribution in [0.15, 0.2) is 235 Å². The van der Waals surface area contributed by atoms with Gasteiger partial charge >= 0.3 is 0 Å². The van der Waals surface area contributed by atoms with Crippen LogP contribution in [0.25, 0.3) is 93.6 Å². The number of hydrogen-bond donors (Lipinski definition) is 0. The van der Waals surface area contributed by atoms with E-state index in [0.717, 1.165) is 72.5 Å². The lowest BCUT2D eigenvalue weighted by atomic mass is 9.96. The Bertz CT molecular complexity index is 3560.